The van der Waals surface area contributed by atoms with Crippen molar-refractivity contribution in [3.05, 3.63) is 18.0 Å². The van der Waals surface area contributed by atoms with Crippen LogP contribution in [-0.4, -0.2) is 16.0 Å². The normalized spacial score (nSPS) is 13.8. The van der Waals surface area contributed by atoms with Crippen LogP contribution < -0.4 is 5.32 Å². The summed E-state index contributed by atoms with van der Waals surface area (Å²) in [4.78, 5) is 7.27. The molecule has 1 heterocycles. The van der Waals surface area contributed by atoms with Crippen LogP contribution in [0.4, 0.5) is 19.1 Å². The molecule has 0 aliphatic rings. The molecule has 0 aromatic carbocycles. The number of rotatable bonds is 4. The minimum atomic E-state index is -4.43. The molecular formula is C11H16F3N3. The monoisotopic (exact) mass is 247 g/mol. The van der Waals surface area contributed by atoms with Crippen LogP contribution in [0.15, 0.2) is 12.3 Å². The number of nitrogens with zero attached hydrogens (tertiary/aromatic N) is 2. The third kappa shape index (κ3) is 3.87. The van der Waals surface area contributed by atoms with Crippen LogP contribution in [0.5, 0.6) is 0 Å². The zero-order chi connectivity index (χ0) is 13.1. The maximum Gasteiger partial charge on any atom is 0.433 e. The maximum absolute atomic E-state index is 12.4. The molecule has 1 aromatic heterocycles. The van der Waals surface area contributed by atoms with E-state index >= 15 is 0 Å². The Hall–Kier alpha value is -1.33. The van der Waals surface area contributed by atoms with E-state index < -0.39 is 11.9 Å². The Morgan fingerprint density at radius 2 is 2.00 bits per heavy atom. The Morgan fingerprint density at radius 1 is 1.35 bits per heavy atom. The molecule has 3 nitrogen and oxygen atoms in total. The molecule has 0 spiro atoms. The third-order valence-electron chi connectivity index (χ3n) is 2.51. The summed E-state index contributed by atoms with van der Waals surface area (Å²) < 4.78 is 37.3. The second-order valence-electron chi connectivity index (χ2n) is 4.17. The summed E-state index contributed by atoms with van der Waals surface area (Å²) in [6.07, 6.45) is -2.51. The van der Waals surface area contributed by atoms with Gasteiger partial charge in [0.1, 0.15) is 5.69 Å². The van der Waals surface area contributed by atoms with Crippen molar-refractivity contribution in [2.45, 2.75) is 39.4 Å². The summed E-state index contributed by atoms with van der Waals surface area (Å²) >= 11 is 0. The predicted octanol–water partition coefficient (Wildman–Crippen LogP) is 3.34. The molecule has 0 aliphatic heterocycles. The molecular weight excluding hydrogens is 231 g/mol. The summed E-state index contributed by atoms with van der Waals surface area (Å²) in [7, 11) is 0. The van der Waals surface area contributed by atoms with E-state index in [1.807, 2.05) is 20.8 Å². The molecule has 6 heteroatoms. The zero-order valence-electron chi connectivity index (χ0n) is 10.0. The average Bonchev–Trinajstić information content (AvgIpc) is 2.24. The van der Waals surface area contributed by atoms with E-state index in [0.29, 0.717) is 5.92 Å². The molecule has 0 saturated heterocycles. The minimum absolute atomic E-state index is 0.0281. The van der Waals surface area contributed by atoms with Crippen molar-refractivity contribution >= 4 is 5.95 Å². The van der Waals surface area contributed by atoms with E-state index in [1.165, 1.54) is 0 Å². The van der Waals surface area contributed by atoms with E-state index in [4.69, 9.17) is 0 Å². The molecule has 96 valence electrons. The van der Waals surface area contributed by atoms with Crippen LogP contribution in [0.25, 0.3) is 0 Å². The number of alkyl halides is 3. The standard InChI is InChI=1S/C11H16F3N3/c1-4-8(7(2)3)16-10-15-6-5-9(17-10)11(12,13)14/h5-8H,4H2,1-3H3,(H,15,16,17). The number of hydrogen-bond acceptors (Lipinski definition) is 3. The lowest BCUT2D eigenvalue weighted by Crippen LogP contribution is -2.26. The maximum atomic E-state index is 12.4. The minimum Gasteiger partial charge on any atom is -0.351 e. The molecule has 0 radical (unpaired) electrons. The molecule has 17 heavy (non-hydrogen) atoms. The number of halogens is 3. The first-order valence-corrected chi connectivity index (χ1v) is 5.51. The molecule has 0 amide bonds. The van der Waals surface area contributed by atoms with Crippen LogP contribution >= 0.6 is 0 Å². The first-order chi connectivity index (χ1) is 7.84. The van der Waals surface area contributed by atoms with Crippen LogP contribution in [0.2, 0.25) is 0 Å². The van der Waals surface area contributed by atoms with Crippen molar-refractivity contribution in [1.29, 1.82) is 0 Å². The molecule has 1 unspecified atom stereocenters. The van der Waals surface area contributed by atoms with E-state index in [2.05, 4.69) is 15.3 Å². The summed E-state index contributed by atoms with van der Waals surface area (Å²) in [5, 5.41) is 2.92. The van der Waals surface area contributed by atoms with Gasteiger partial charge in [0.15, 0.2) is 0 Å². The van der Waals surface area contributed by atoms with Crippen LogP contribution in [0, 0.1) is 5.92 Å². The van der Waals surface area contributed by atoms with E-state index in [0.717, 1.165) is 18.7 Å². The van der Waals surface area contributed by atoms with Crippen molar-refractivity contribution in [2.24, 2.45) is 5.92 Å². The fourth-order valence-corrected chi connectivity index (χ4v) is 1.49. The largest absolute Gasteiger partial charge is 0.433 e. The number of nitrogens with one attached hydrogen (secondary N) is 1. The Balaban J connectivity index is 2.85. The Morgan fingerprint density at radius 3 is 2.47 bits per heavy atom. The van der Waals surface area contributed by atoms with E-state index in [9.17, 15) is 13.2 Å². The molecule has 1 aromatic rings. The first-order valence-electron chi connectivity index (χ1n) is 5.51. The zero-order valence-corrected chi connectivity index (χ0v) is 10.0. The highest BCUT2D eigenvalue weighted by Gasteiger charge is 2.32. The summed E-state index contributed by atoms with van der Waals surface area (Å²) in [5.41, 5.74) is -0.923. The lowest BCUT2D eigenvalue weighted by atomic mass is 10.0. The van der Waals surface area contributed by atoms with Crippen molar-refractivity contribution in [3.8, 4) is 0 Å². The van der Waals surface area contributed by atoms with Crippen LogP contribution in [-0.2, 0) is 6.18 Å². The van der Waals surface area contributed by atoms with Gasteiger partial charge < -0.3 is 5.32 Å². The van der Waals surface area contributed by atoms with Gasteiger partial charge in [0, 0.05) is 12.2 Å². The smallest absolute Gasteiger partial charge is 0.351 e. The summed E-state index contributed by atoms with van der Waals surface area (Å²) in [5.74, 6) is 0.332. The molecule has 0 fully saturated rings. The number of hydrogen-bond donors (Lipinski definition) is 1. The fourth-order valence-electron chi connectivity index (χ4n) is 1.49. The van der Waals surface area contributed by atoms with E-state index in [-0.39, 0.29) is 12.0 Å². The summed E-state index contributed by atoms with van der Waals surface area (Å²) in [6.45, 7) is 5.95. The highest BCUT2D eigenvalue weighted by atomic mass is 19.4. The second-order valence-corrected chi connectivity index (χ2v) is 4.17. The van der Waals surface area contributed by atoms with Gasteiger partial charge in [-0.25, -0.2) is 9.97 Å². The highest BCUT2D eigenvalue weighted by Crippen LogP contribution is 2.27. The van der Waals surface area contributed by atoms with Crippen molar-refractivity contribution in [2.75, 3.05) is 5.32 Å². The van der Waals surface area contributed by atoms with Crippen molar-refractivity contribution in [1.82, 2.24) is 9.97 Å². The molecule has 0 aliphatic carbocycles. The number of anilines is 1. The van der Waals surface area contributed by atoms with Crippen LogP contribution in [0.1, 0.15) is 32.9 Å². The van der Waals surface area contributed by atoms with Gasteiger partial charge in [-0.3, -0.25) is 0 Å². The van der Waals surface area contributed by atoms with Crippen molar-refractivity contribution in [3.63, 3.8) is 0 Å². The molecule has 1 atom stereocenters. The third-order valence-corrected chi connectivity index (χ3v) is 2.51. The predicted molar refractivity (Wildman–Crippen MR) is 59.6 cm³/mol. The highest BCUT2D eigenvalue weighted by molar-refractivity contribution is 5.27. The quantitative estimate of drug-likeness (QED) is 0.886. The molecule has 0 saturated carbocycles. The Labute approximate surface area is 98.5 Å². The van der Waals surface area contributed by atoms with Gasteiger partial charge in [0.25, 0.3) is 0 Å². The average molecular weight is 247 g/mol. The number of aromatic nitrogens is 2. The van der Waals surface area contributed by atoms with Crippen molar-refractivity contribution < 1.29 is 13.2 Å². The van der Waals surface area contributed by atoms with Gasteiger partial charge in [-0.1, -0.05) is 20.8 Å². The Kier molecular flexibility index (Phi) is 4.31. The SMILES string of the molecule is CCC(Nc1nccc(C(F)(F)F)n1)C(C)C. The summed E-state index contributed by atoms with van der Waals surface area (Å²) in [6, 6.07) is 0.931. The lowest BCUT2D eigenvalue weighted by molar-refractivity contribution is -0.141. The topological polar surface area (TPSA) is 37.8 Å². The van der Waals surface area contributed by atoms with Gasteiger partial charge in [-0.2, -0.15) is 13.2 Å². The Bertz CT molecular complexity index is 363. The fraction of sp³-hybridized carbons (Fsp3) is 0.636. The van der Waals surface area contributed by atoms with Crippen LogP contribution in [0.3, 0.4) is 0 Å². The van der Waals surface area contributed by atoms with Gasteiger partial charge in [-0.05, 0) is 18.4 Å². The first kappa shape index (κ1) is 13.7. The van der Waals surface area contributed by atoms with Gasteiger partial charge >= 0.3 is 6.18 Å². The molecule has 1 N–H and O–H groups in total. The van der Waals surface area contributed by atoms with Gasteiger partial charge in [-0.15, -0.1) is 0 Å². The van der Waals surface area contributed by atoms with Gasteiger partial charge in [0.05, 0.1) is 0 Å². The second kappa shape index (κ2) is 5.33. The van der Waals surface area contributed by atoms with Gasteiger partial charge in [0.2, 0.25) is 5.95 Å². The molecule has 1 rings (SSSR count). The molecule has 0 bridgehead atoms. The lowest BCUT2D eigenvalue weighted by Gasteiger charge is -2.20. The van der Waals surface area contributed by atoms with E-state index in [1.54, 1.807) is 0 Å².